The van der Waals surface area contributed by atoms with Crippen LogP contribution in [-0.2, 0) is 4.74 Å². The van der Waals surface area contributed by atoms with Crippen molar-refractivity contribution in [3.05, 3.63) is 34.6 Å². The van der Waals surface area contributed by atoms with Crippen LogP contribution in [0.3, 0.4) is 0 Å². The summed E-state index contributed by atoms with van der Waals surface area (Å²) in [6.07, 6.45) is 3.95. The van der Waals surface area contributed by atoms with Gasteiger partial charge < -0.3 is 9.64 Å². The average Bonchev–Trinajstić information content (AvgIpc) is 3.11. The maximum atomic E-state index is 13.2. The number of carbonyl (C=O) groups excluding carboxylic acids is 1. The molecule has 3 nitrogen and oxygen atoms in total. The number of benzene rings is 1. The molecule has 3 saturated heterocycles. The highest BCUT2D eigenvalue weighted by Crippen LogP contribution is 2.49. The molecule has 1 aromatic rings. The number of halogens is 2. The first-order chi connectivity index (χ1) is 9.58. The van der Waals surface area contributed by atoms with Gasteiger partial charge in [0.1, 0.15) is 5.82 Å². The Balaban J connectivity index is 1.61. The molecule has 4 rings (SSSR count). The van der Waals surface area contributed by atoms with E-state index in [9.17, 15) is 9.18 Å². The third-order valence-electron chi connectivity index (χ3n) is 4.79. The number of epoxide rings is 1. The lowest BCUT2D eigenvalue weighted by Crippen LogP contribution is -2.49. The van der Waals surface area contributed by atoms with Crippen LogP contribution in [0.15, 0.2) is 18.2 Å². The molecule has 3 aliphatic heterocycles. The Kier molecular flexibility index (Phi) is 2.63. The van der Waals surface area contributed by atoms with Crippen molar-refractivity contribution in [3.8, 4) is 0 Å². The molecule has 20 heavy (non-hydrogen) atoms. The summed E-state index contributed by atoms with van der Waals surface area (Å²) in [6, 6.07) is 4.71. The number of rotatable bonds is 1. The molecular formula is C15H15ClFNO2. The van der Waals surface area contributed by atoms with Gasteiger partial charge in [0.25, 0.3) is 5.91 Å². The topological polar surface area (TPSA) is 32.8 Å². The smallest absolute Gasteiger partial charge is 0.254 e. The predicted octanol–water partition coefficient (Wildman–Crippen LogP) is 3.02. The summed E-state index contributed by atoms with van der Waals surface area (Å²) in [5.74, 6) is -0.523. The normalized spacial score (nSPS) is 34.6. The molecule has 0 radical (unpaired) electrons. The minimum absolute atomic E-state index is 0.00204. The highest BCUT2D eigenvalue weighted by atomic mass is 35.5. The number of piperidine rings is 1. The fraction of sp³-hybridized carbons (Fsp3) is 0.533. The van der Waals surface area contributed by atoms with Gasteiger partial charge in [-0.05, 0) is 43.9 Å². The number of amides is 1. The predicted molar refractivity (Wildman–Crippen MR) is 72.3 cm³/mol. The van der Waals surface area contributed by atoms with Crippen LogP contribution in [0.2, 0.25) is 5.02 Å². The van der Waals surface area contributed by atoms with E-state index in [1.54, 1.807) is 0 Å². The van der Waals surface area contributed by atoms with Crippen molar-refractivity contribution >= 4 is 17.5 Å². The van der Waals surface area contributed by atoms with Gasteiger partial charge in [-0.3, -0.25) is 4.79 Å². The number of nitrogens with zero attached hydrogens (tertiary/aromatic N) is 1. The van der Waals surface area contributed by atoms with Crippen molar-refractivity contribution in [3.63, 3.8) is 0 Å². The first-order valence-electron chi connectivity index (χ1n) is 7.00. The molecule has 3 heterocycles. The van der Waals surface area contributed by atoms with Crippen LogP contribution < -0.4 is 0 Å². The summed E-state index contributed by atoms with van der Waals surface area (Å²) in [5, 5.41) is 0.00204. The molecule has 2 bridgehead atoms. The Morgan fingerprint density at radius 1 is 1.35 bits per heavy atom. The fourth-order valence-electron chi connectivity index (χ4n) is 3.75. The van der Waals surface area contributed by atoms with Gasteiger partial charge >= 0.3 is 0 Å². The second-order valence-electron chi connectivity index (χ2n) is 6.11. The Morgan fingerprint density at radius 2 is 2.00 bits per heavy atom. The molecule has 3 fully saturated rings. The number of ether oxygens (including phenoxy) is 1. The van der Waals surface area contributed by atoms with Crippen LogP contribution >= 0.6 is 11.6 Å². The first kappa shape index (κ1) is 12.6. The molecule has 1 amide bonds. The van der Waals surface area contributed by atoms with Crippen LogP contribution in [0.4, 0.5) is 4.39 Å². The van der Waals surface area contributed by atoms with E-state index in [2.05, 4.69) is 0 Å². The molecule has 3 aliphatic rings. The zero-order valence-electron chi connectivity index (χ0n) is 10.9. The summed E-state index contributed by atoms with van der Waals surface area (Å²) < 4.78 is 18.8. The van der Waals surface area contributed by atoms with Crippen LogP contribution in [0.1, 0.15) is 36.0 Å². The number of hydrogen-bond donors (Lipinski definition) is 0. The maximum absolute atomic E-state index is 13.2. The van der Waals surface area contributed by atoms with Crippen molar-refractivity contribution in [2.45, 2.75) is 43.4 Å². The fourth-order valence-corrected chi connectivity index (χ4v) is 3.93. The molecule has 0 saturated carbocycles. The van der Waals surface area contributed by atoms with Crippen LogP contribution in [-0.4, -0.2) is 35.1 Å². The van der Waals surface area contributed by atoms with Crippen LogP contribution in [0.5, 0.6) is 0 Å². The molecule has 0 N–H and O–H groups in total. The van der Waals surface area contributed by atoms with E-state index in [0.29, 0.717) is 5.56 Å². The first-order valence-corrected chi connectivity index (χ1v) is 7.37. The molecule has 0 aromatic heterocycles. The zero-order valence-corrected chi connectivity index (χ0v) is 11.7. The molecule has 1 aromatic carbocycles. The highest BCUT2D eigenvalue weighted by molar-refractivity contribution is 6.31. The van der Waals surface area contributed by atoms with Gasteiger partial charge in [0, 0.05) is 17.6 Å². The number of carbonyl (C=O) groups is 1. The Hall–Kier alpha value is -1.13. The van der Waals surface area contributed by atoms with E-state index in [1.807, 2.05) is 4.90 Å². The van der Waals surface area contributed by atoms with E-state index in [0.717, 1.165) is 32.3 Å². The van der Waals surface area contributed by atoms with Crippen molar-refractivity contribution in [2.75, 3.05) is 6.61 Å². The molecule has 106 valence electrons. The van der Waals surface area contributed by atoms with Gasteiger partial charge in [-0.25, -0.2) is 4.39 Å². The minimum atomic E-state index is -0.491. The largest absolute Gasteiger partial charge is 0.369 e. The highest BCUT2D eigenvalue weighted by Gasteiger charge is 2.56. The Labute approximate surface area is 121 Å². The van der Waals surface area contributed by atoms with Gasteiger partial charge in [0.15, 0.2) is 0 Å². The lowest BCUT2D eigenvalue weighted by Gasteiger charge is -2.38. The van der Waals surface area contributed by atoms with E-state index in [4.69, 9.17) is 16.3 Å². The SMILES string of the molecule is O=C(c1ccc(F)c(Cl)c1)N1[C@@H]2CC[C@H]1CC1(CO1)C2. The van der Waals surface area contributed by atoms with E-state index in [-0.39, 0.29) is 28.6 Å². The average molecular weight is 296 g/mol. The zero-order chi connectivity index (χ0) is 13.9. The lowest BCUT2D eigenvalue weighted by molar-refractivity contribution is 0.0471. The van der Waals surface area contributed by atoms with Crippen LogP contribution in [0, 0.1) is 5.82 Å². The number of fused-ring (bicyclic) bond motifs is 2. The van der Waals surface area contributed by atoms with Gasteiger partial charge in [-0.2, -0.15) is 0 Å². The van der Waals surface area contributed by atoms with Crippen molar-refractivity contribution in [1.29, 1.82) is 0 Å². The van der Waals surface area contributed by atoms with Crippen molar-refractivity contribution in [1.82, 2.24) is 4.90 Å². The maximum Gasteiger partial charge on any atom is 0.254 e. The van der Waals surface area contributed by atoms with Crippen LogP contribution in [0.25, 0.3) is 0 Å². The van der Waals surface area contributed by atoms with E-state index in [1.165, 1.54) is 18.2 Å². The Morgan fingerprint density at radius 3 is 2.55 bits per heavy atom. The molecular weight excluding hydrogens is 281 g/mol. The molecule has 1 spiro atoms. The Bertz CT molecular complexity index is 571. The standard InChI is InChI=1S/C15H15ClFNO2/c16-12-5-9(1-4-13(12)17)14(19)18-10-2-3-11(18)7-15(6-10)8-20-15/h1,4-5,10-11H,2-3,6-8H2/t10-,11+,15?. The third kappa shape index (κ3) is 1.85. The molecule has 3 atom stereocenters. The van der Waals surface area contributed by atoms with E-state index < -0.39 is 5.82 Å². The summed E-state index contributed by atoms with van der Waals surface area (Å²) in [5.41, 5.74) is 0.532. The molecule has 1 unspecified atom stereocenters. The van der Waals surface area contributed by atoms with Crippen molar-refractivity contribution in [2.24, 2.45) is 0 Å². The van der Waals surface area contributed by atoms with Crippen molar-refractivity contribution < 1.29 is 13.9 Å². The summed E-state index contributed by atoms with van der Waals surface area (Å²) in [6.45, 7) is 0.838. The second kappa shape index (κ2) is 4.18. The summed E-state index contributed by atoms with van der Waals surface area (Å²) >= 11 is 5.77. The third-order valence-corrected chi connectivity index (χ3v) is 5.08. The summed E-state index contributed by atoms with van der Waals surface area (Å²) in [4.78, 5) is 14.6. The van der Waals surface area contributed by atoms with E-state index >= 15 is 0 Å². The van der Waals surface area contributed by atoms with Gasteiger partial charge in [0.2, 0.25) is 0 Å². The monoisotopic (exact) mass is 295 g/mol. The van der Waals surface area contributed by atoms with Gasteiger partial charge in [0.05, 0.1) is 17.2 Å². The second-order valence-corrected chi connectivity index (χ2v) is 6.51. The lowest BCUT2D eigenvalue weighted by atomic mass is 9.90. The summed E-state index contributed by atoms with van der Waals surface area (Å²) in [7, 11) is 0. The minimum Gasteiger partial charge on any atom is -0.369 e. The molecule has 5 heteroatoms. The number of hydrogen-bond acceptors (Lipinski definition) is 2. The molecule has 0 aliphatic carbocycles. The van der Waals surface area contributed by atoms with Gasteiger partial charge in [-0.1, -0.05) is 11.6 Å². The quantitative estimate of drug-likeness (QED) is 0.746. The van der Waals surface area contributed by atoms with Gasteiger partial charge in [-0.15, -0.1) is 0 Å².